The van der Waals surface area contributed by atoms with Gasteiger partial charge in [-0.1, -0.05) is 97.1 Å². The molecule has 0 radical (unpaired) electrons. The number of fused-ring (bicyclic) bond motifs is 1. The van der Waals surface area contributed by atoms with E-state index in [9.17, 15) is 14.4 Å². The zero-order valence-corrected chi connectivity index (χ0v) is 25.5. The molecule has 1 heterocycles. The van der Waals surface area contributed by atoms with Crippen LogP contribution in [0.1, 0.15) is 45.1 Å². The van der Waals surface area contributed by atoms with Crippen LogP contribution in [-0.4, -0.2) is 41.2 Å². The Balaban J connectivity index is 1.60. The van der Waals surface area contributed by atoms with Crippen molar-refractivity contribution in [2.24, 2.45) is 16.5 Å². The minimum Gasteiger partial charge on any atom is -0.370 e. The van der Waals surface area contributed by atoms with Gasteiger partial charge in [0.2, 0.25) is 11.8 Å². The number of nitrogens with two attached hydrogens (primary N) is 2. The quantitative estimate of drug-likeness (QED) is 0.0975. The van der Waals surface area contributed by atoms with Gasteiger partial charge in [0.15, 0.2) is 5.96 Å². The average molecular weight is 618 g/mol. The molecule has 0 aliphatic carbocycles. The molecular formula is C36H35N5O3S. The minimum absolute atomic E-state index is 0.0675. The average Bonchev–Trinajstić information content (AvgIpc) is 3.59. The first-order valence-electron chi connectivity index (χ1n) is 14.7. The Labute approximate surface area is 266 Å². The highest BCUT2D eigenvalue weighted by atomic mass is 32.1. The summed E-state index contributed by atoms with van der Waals surface area (Å²) in [5.74, 6) is -2.39. The molecule has 9 heteroatoms. The van der Waals surface area contributed by atoms with Crippen LogP contribution in [-0.2, 0) is 16.1 Å². The lowest BCUT2D eigenvalue weighted by Crippen LogP contribution is -2.53. The number of aliphatic imine (C=N–C) groups is 1. The zero-order valence-electron chi connectivity index (χ0n) is 24.7. The van der Waals surface area contributed by atoms with Gasteiger partial charge in [-0.05, 0) is 58.3 Å². The molecule has 0 unspecified atom stereocenters. The molecule has 0 saturated heterocycles. The van der Waals surface area contributed by atoms with E-state index >= 15 is 0 Å². The molecule has 45 heavy (non-hydrogen) atoms. The summed E-state index contributed by atoms with van der Waals surface area (Å²) in [7, 11) is 0. The standard InChI is InChI=1S/C36H35N5O3S/c37-36(38)39-21-9-18-31(33(42)40-24-30-17-10-22-45-30)41(34(43)29-20-19-25-11-7-8-16-28(25)23-29)35(44)32(26-12-3-1-4-13-26)27-14-5-2-6-15-27/h1-8,10-17,19-20,22-23,31-32H,9,18,21,24H2,(H,40,42)(H4,37,38,39)/t31-/m1/s1. The van der Waals surface area contributed by atoms with Gasteiger partial charge in [-0.3, -0.25) is 24.3 Å². The molecule has 5 rings (SSSR count). The number of carbonyl (C=O) groups is 3. The largest absolute Gasteiger partial charge is 0.370 e. The third-order valence-corrected chi connectivity index (χ3v) is 8.40. The van der Waals surface area contributed by atoms with Crippen LogP contribution in [0, 0.1) is 0 Å². The van der Waals surface area contributed by atoms with Gasteiger partial charge in [0.1, 0.15) is 6.04 Å². The maximum atomic E-state index is 14.9. The maximum absolute atomic E-state index is 14.9. The van der Waals surface area contributed by atoms with Crippen LogP contribution in [0.3, 0.4) is 0 Å². The van der Waals surface area contributed by atoms with Crippen LogP contribution < -0.4 is 16.8 Å². The first-order valence-corrected chi connectivity index (χ1v) is 15.6. The van der Waals surface area contributed by atoms with Crippen LogP contribution in [0.15, 0.2) is 126 Å². The lowest BCUT2D eigenvalue weighted by atomic mass is 9.89. The smallest absolute Gasteiger partial charge is 0.261 e. The van der Waals surface area contributed by atoms with Crippen molar-refractivity contribution in [3.05, 3.63) is 142 Å². The van der Waals surface area contributed by atoms with E-state index in [1.807, 2.05) is 109 Å². The second-order valence-corrected chi connectivity index (χ2v) is 11.6. The van der Waals surface area contributed by atoms with Crippen molar-refractivity contribution in [2.45, 2.75) is 31.3 Å². The summed E-state index contributed by atoms with van der Waals surface area (Å²) in [5, 5.41) is 6.70. The molecule has 5 aromatic rings. The van der Waals surface area contributed by atoms with Gasteiger partial charge < -0.3 is 16.8 Å². The molecule has 0 bridgehead atoms. The van der Waals surface area contributed by atoms with E-state index in [1.165, 1.54) is 11.3 Å². The zero-order chi connectivity index (χ0) is 31.6. The van der Waals surface area contributed by atoms with Gasteiger partial charge in [-0.15, -0.1) is 11.3 Å². The lowest BCUT2D eigenvalue weighted by molar-refractivity contribution is -0.138. The van der Waals surface area contributed by atoms with Crippen molar-refractivity contribution < 1.29 is 14.4 Å². The van der Waals surface area contributed by atoms with Crippen molar-refractivity contribution in [2.75, 3.05) is 6.54 Å². The topological polar surface area (TPSA) is 131 Å². The van der Waals surface area contributed by atoms with Crippen LogP contribution >= 0.6 is 11.3 Å². The molecule has 4 aromatic carbocycles. The van der Waals surface area contributed by atoms with E-state index in [-0.39, 0.29) is 25.5 Å². The number of amides is 3. The Morgan fingerprint density at radius 1 is 0.778 bits per heavy atom. The molecule has 0 saturated carbocycles. The van der Waals surface area contributed by atoms with E-state index < -0.39 is 29.7 Å². The van der Waals surface area contributed by atoms with Crippen molar-refractivity contribution in [1.82, 2.24) is 10.2 Å². The molecule has 8 nitrogen and oxygen atoms in total. The molecule has 228 valence electrons. The second-order valence-electron chi connectivity index (χ2n) is 10.6. The van der Waals surface area contributed by atoms with E-state index in [4.69, 9.17) is 11.5 Å². The molecule has 3 amide bonds. The lowest BCUT2D eigenvalue weighted by Gasteiger charge is -2.33. The maximum Gasteiger partial charge on any atom is 0.261 e. The number of thiophene rings is 1. The highest BCUT2D eigenvalue weighted by Gasteiger charge is 2.39. The third-order valence-electron chi connectivity index (χ3n) is 7.53. The minimum atomic E-state index is -1.12. The van der Waals surface area contributed by atoms with Gasteiger partial charge in [0, 0.05) is 17.0 Å². The molecule has 1 aromatic heterocycles. The van der Waals surface area contributed by atoms with Crippen LogP contribution in [0.25, 0.3) is 10.8 Å². The van der Waals surface area contributed by atoms with Gasteiger partial charge in [-0.25, -0.2) is 0 Å². The molecule has 1 atom stereocenters. The number of hydrogen-bond acceptors (Lipinski definition) is 5. The fourth-order valence-electron chi connectivity index (χ4n) is 5.34. The number of rotatable bonds is 12. The summed E-state index contributed by atoms with van der Waals surface area (Å²) < 4.78 is 0. The van der Waals surface area contributed by atoms with Crippen molar-refractivity contribution >= 4 is 45.8 Å². The number of hydrogen-bond donors (Lipinski definition) is 3. The SMILES string of the molecule is NC(N)=NCCC[C@H](C(=O)NCc1cccs1)N(C(=O)c1ccc2ccccc2c1)C(=O)C(c1ccccc1)c1ccccc1. The summed E-state index contributed by atoms with van der Waals surface area (Å²) in [6.45, 7) is 0.512. The van der Waals surface area contributed by atoms with Crippen LogP contribution in [0.4, 0.5) is 0 Å². The summed E-state index contributed by atoms with van der Waals surface area (Å²) in [6.07, 6.45) is 0.527. The van der Waals surface area contributed by atoms with Crippen molar-refractivity contribution in [3.63, 3.8) is 0 Å². The number of guanidine groups is 1. The van der Waals surface area contributed by atoms with Gasteiger partial charge in [0.25, 0.3) is 5.91 Å². The summed E-state index contributed by atoms with van der Waals surface area (Å²) in [5.41, 5.74) is 12.8. The first-order chi connectivity index (χ1) is 21.9. The molecule has 0 fully saturated rings. The Kier molecular flexibility index (Phi) is 10.3. The Morgan fingerprint density at radius 3 is 2.04 bits per heavy atom. The molecular weight excluding hydrogens is 582 g/mol. The van der Waals surface area contributed by atoms with E-state index in [0.717, 1.165) is 20.5 Å². The normalized spacial score (nSPS) is 11.6. The van der Waals surface area contributed by atoms with Gasteiger partial charge >= 0.3 is 0 Å². The van der Waals surface area contributed by atoms with Crippen LogP contribution in [0.2, 0.25) is 0 Å². The highest BCUT2D eigenvalue weighted by Crippen LogP contribution is 2.30. The summed E-state index contributed by atoms with van der Waals surface area (Å²) in [4.78, 5) is 49.7. The molecule has 5 N–H and O–H groups in total. The molecule has 0 spiro atoms. The van der Waals surface area contributed by atoms with Crippen LogP contribution in [0.5, 0.6) is 0 Å². The predicted octanol–water partition coefficient (Wildman–Crippen LogP) is 5.44. The van der Waals surface area contributed by atoms with E-state index in [0.29, 0.717) is 23.1 Å². The highest BCUT2D eigenvalue weighted by molar-refractivity contribution is 7.09. The first kappa shape index (κ1) is 31.2. The fourth-order valence-corrected chi connectivity index (χ4v) is 5.98. The molecule has 0 aliphatic rings. The number of nitrogens with zero attached hydrogens (tertiary/aromatic N) is 2. The number of carbonyl (C=O) groups excluding carboxylic acids is 3. The number of nitrogens with one attached hydrogen (secondary N) is 1. The number of imide groups is 1. The fraction of sp³-hybridized carbons (Fsp3) is 0.167. The number of benzene rings is 4. The van der Waals surface area contributed by atoms with E-state index in [1.54, 1.807) is 12.1 Å². The van der Waals surface area contributed by atoms with Gasteiger partial charge in [0.05, 0.1) is 12.5 Å². The Hall–Kier alpha value is -5.28. The van der Waals surface area contributed by atoms with Crippen molar-refractivity contribution in [1.29, 1.82) is 0 Å². The monoisotopic (exact) mass is 617 g/mol. The summed E-state index contributed by atoms with van der Waals surface area (Å²) in [6, 6.07) is 34.3. The van der Waals surface area contributed by atoms with E-state index in [2.05, 4.69) is 10.3 Å². The predicted molar refractivity (Wildman–Crippen MR) is 180 cm³/mol. The second kappa shape index (κ2) is 14.9. The Bertz CT molecular complexity index is 1730. The van der Waals surface area contributed by atoms with Gasteiger partial charge in [-0.2, -0.15) is 0 Å². The third kappa shape index (κ3) is 7.82. The summed E-state index contributed by atoms with van der Waals surface area (Å²) >= 11 is 1.51. The van der Waals surface area contributed by atoms with Crippen molar-refractivity contribution in [3.8, 4) is 0 Å². The molecule has 0 aliphatic heterocycles. The Morgan fingerprint density at radius 2 is 1.42 bits per heavy atom.